The van der Waals surface area contributed by atoms with Crippen molar-refractivity contribution in [1.29, 1.82) is 0 Å². The van der Waals surface area contributed by atoms with E-state index in [4.69, 9.17) is 4.74 Å². The van der Waals surface area contributed by atoms with Gasteiger partial charge in [-0.25, -0.2) is 4.79 Å². The molecule has 3 aromatic rings. The Bertz CT molecular complexity index is 1220. The Labute approximate surface area is 211 Å². The Balaban J connectivity index is 1.46. The lowest BCUT2D eigenvalue weighted by Gasteiger charge is -2.41. The summed E-state index contributed by atoms with van der Waals surface area (Å²) in [4.78, 5) is 30.3. The molecule has 2 heterocycles. The Morgan fingerprint density at radius 2 is 1.74 bits per heavy atom. The molecule has 1 amide bonds. The molecule has 0 radical (unpaired) electrons. The van der Waals surface area contributed by atoms with Crippen LogP contribution in [0.3, 0.4) is 0 Å². The van der Waals surface area contributed by atoms with Crippen molar-refractivity contribution in [2.45, 2.75) is 33.7 Å². The van der Waals surface area contributed by atoms with E-state index in [1.165, 1.54) is 29.7 Å². The van der Waals surface area contributed by atoms with Crippen LogP contribution in [0.25, 0.3) is 11.1 Å². The summed E-state index contributed by atoms with van der Waals surface area (Å²) in [6.07, 6.45) is 0. The number of esters is 1. The van der Waals surface area contributed by atoms with Crippen molar-refractivity contribution in [3.05, 3.63) is 70.1 Å². The van der Waals surface area contributed by atoms with E-state index < -0.39 is 5.97 Å². The summed E-state index contributed by atoms with van der Waals surface area (Å²) in [5.74, 6) is -0.571. The van der Waals surface area contributed by atoms with Crippen LogP contribution in [0.4, 0.5) is 10.7 Å². The van der Waals surface area contributed by atoms with Crippen LogP contribution >= 0.6 is 11.3 Å². The van der Waals surface area contributed by atoms with Gasteiger partial charge in [0, 0.05) is 42.3 Å². The van der Waals surface area contributed by atoms with Gasteiger partial charge in [0.25, 0.3) is 0 Å². The van der Waals surface area contributed by atoms with Crippen LogP contribution in [0.5, 0.6) is 0 Å². The van der Waals surface area contributed by atoms with Crippen LogP contribution in [0.15, 0.2) is 47.8 Å². The van der Waals surface area contributed by atoms with E-state index in [9.17, 15) is 9.59 Å². The average molecular weight is 492 g/mol. The molecule has 184 valence electrons. The summed E-state index contributed by atoms with van der Waals surface area (Å²) in [7, 11) is 1.37. The van der Waals surface area contributed by atoms with Crippen molar-refractivity contribution in [2.24, 2.45) is 0 Å². The molecule has 1 aliphatic rings. The number of anilines is 2. The van der Waals surface area contributed by atoms with Gasteiger partial charge in [-0.1, -0.05) is 41.5 Å². The molecule has 1 aromatic heterocycles. The monoisotopic (exact) mass is 491 g/mol. The van der Waals surface area contributed by atoms with Crippen molar-refractivity contribution >= 4 is 33.9 Å². The predicted octanol–water partition coefficient (Wildman–Crippen LogP) is 5.28. The lowest BCUT2D eigenvalue weighted by molar-refractivity contribution is -0.117. The van der Waals surface area contributed by atoms with Crippen LogP contribution < -0.4 is 10.2 Å². The van der Waals surface area contributed by atoms with Crippen molar-refractivity contribution in [3.8, 4) is 11.1 Å². The van der Waals surface area contributed by atoms with Gasteiger partial charge in [0.15, 0.2) is 0 Å². The quantitative estimate of drug-likeness (QED) is 0.476. The van der Waals surface area contributed by atoms with Crippen LogP contribution in [0.1, 0.15) is 34.0 Å². The maximum atomic E-state index is 13.0. The summed E-state index contributed by atoms with van der Waals surface area (Å²) >= 11 is 1.36. The number of thiophene rings is 1. The third-order valence-corrected chi connectivity index (χ3v) is 7.46. The zero-order valence-corrected chi connectivity index (χ0v) is 21.9. The van der Waals surface area contributed by atoms with Crippen molar-refractivity contribution in [1.82, 2.24) is 4.90 Å². The molecule has 7 heteroatoms. The summed E-state index contributed by atoms with van der Waals surface area (Å²) in [5, 5.41) is 5.44. The second-order valence-electron chi connectivity index (χ2n) is 9.32. The van der Waals surface area contributed by atoms with Gasteiger partial charge in [0.1, 0.15) is 10.6 Å². The molecule has 0 spiro atoms. The highest BCUT2D eigenvalue weighted by Gasteiger charge is 2.27. The number of amides is 1. The number of carbonyl (C=O) groups is 2. The Hall–Kier alpha value is -3.16. The van der Waals surface area contributed by atoms with Gasteiger partial charge < -0.3 is 15.0 Å². The van der Waals surface area contributed by atoms with Gasteiger partial charge in [0.2, 0.25) is 5.91 Å². The molecule has 1 aliphatic heterocycles. The molecule has 0 saturated carbocycles. The van der Waals surface area contributed by atoms with E-state index in [0.717, 1.165) is 41.9 Å². The zero-order chi connectivity index (χ0) is 25.1. The zero-order valence-electron chi connectivity index (χ0n) is 21.1. The Morgan fingerprint density at radius 1 is 1.03 bits per heavy atom. The van der Waals surface area contributed by atoms with E-state index in [1.807, 2.05) is 31.4 Å². The molecule has 1 saturated heterocycles. The number of rotatable bonds is 6. The number of methoxy groups -OCH3 is 1. The van der Waals surface area contributed by atoms with E-state index in [-0.39, 0.29) is 12.5 Å². The topological polar surface area (TPSA) is 61.9 Å². The summed E-state index contributed by atoms with van der Waals surface area (Å²) in [6.45, 7) is 11.1. The molecule has 1 unspecified atom stereocenters. The van der Waals surface area contributed by atoms with Crippen LogP contribution in [-0.4, -0.2) is 56.1 Å². The first-order chi connectivity index (χ1) is 16.8. The Kier molecular flexibility index (Phi) is 7.57. The molecule has 6 nitrogen and oxygen atoms in total. The number of benzene rings is 2. The minimum atomic E-state index is -0.446. The molecule has 0 bridgehead atoms. The number of hydrogen-bond donors (Lipinski definition) is 1. The number of nitrogens with one attached hydrogen (secondary N) is 1. The first kappa shape index (κ1) is 24.9. The molecular weight excluding hydrogens is 458 g/mol. The lowest BCUT2D eigenvalue weighted by Crippen LogP contribution is -2.53. The van der Waals surface area contributed by atoms with Crippen molar-refractivity contribution in [3.63, 3.8) is 0 Å². The Morgan fingerprint density at radius 3 is 2.43 bits per heavy atom. The normalized spacial score (nSPS) is 16.3. The fourth-order valence-corrected chi connectivity index (χ4v) is 5.61. The maximum absolute atomic E-state index is 13.0. The smallest absolute Gasteiger partial charge is 0.341 e. The van der Waals surface area contributed by atoms with Crippen LogP contribution in [0.2, 0.25) is 0 Å². The third kappa shape index (κ3) is 5.57. The molecule has 1 fully saturated rings. The van der Waals surface area contributed by atoms with Gasteiger partial charge in [0.05, 0.1) is 13.7 Å². The van der Waals surface area contributed by atoms with E-state index in [2.05, 4.69) is 59.3 Å². The minimum absolute atomic E-state index is 0.125. The summed E-state index contributed by atoms with van der Waals surface area (Å²) in [6, 6.07) is 15.0. The summed E-state index contributed by atoms with van der Waals surface area (Å²) < 4.78 is 5.07. The number of carbonyl (C=O) groups excluding carboxylic acids is 2. The second-order valence-corrected chi connectivity index (χ2v) is 10.2. The highest BCUT2D eigenvalue weighted by molar-refractivity contribution is 7.15. The lowest BCUT2D eigenvalue weighted by atomic mass is 9.97. The van der Waals surface area contributed by atoms with Gasteiger partial charge in [-0.15, -0.1) is 11.3 Å². The summed E-state index contributed by atoms with van der Waals surface area (Å²) in [5.41, 5.74) is 6.82. The number of nitrogens with zero attached hydrogens (tertiary/aromatic N) is 2. The van der Waals surface area contributed by atoms with Gasteiger partial charge in [-0.2, -0.15) is 0 Å². The number of piperazine rings is 1. The second kappa shape index (κ2) is 10.6. The number of hydrogen-bond acceptors (Lipinski definition) is 6. The average Bonchev–Trinajstić information content (AvgIpc) is 3.24. The third-order valence-electron chi connectivity index (χ3n) is 6.56. The number of aryl methyl sites for hydroxylation is 3. The molecule has 4 rings (SSSR count). The molecule has 2 aromatic carbocycles. The van der Waals surface area contributed by atoms with Gasteiger partial charge in [-0.05, 0) is 51.0 Å². The van der Waals surface area contributed by atoms with Gasteiger partial charge >= 0.3 is 5.97 Å². The molecule has 35 heavy (non-hydrogen) atoms. The maximum Gasteiger partial charge on any atom is 0.341 e. The largest absolute Gasteiger partial charge is 0.465 e. The fourth-order valence-electron chi connectivity index (χ4n) is 4.64. The van der Waals surface area contributed by atoms with E-state index in [1.54, 1.807) is 0 Å². The van der Waals surface area contributed by atoms with Crippen LogP contribution in [0, 0.1) is 20.8 Å². The molecule has 1 N–H and O–H groups in total. The first-order valence-corrected chi connectivity index (χ1v) is 12.8. The van der Waals surface area contributed by atoms with Crippen molar-refractivity contribution in [2.75, 3.05) is 43.5 Å². The predicted molar refractivity (Wildman–Crippen MR) is 144 cm³/mol. The van der Waals surface area contributed by atoms with Crippen LogP contribution in [-0.2, 0) is 9.53 Å². The molecular formula is C28H33N3O3S. The standard InChI is InChI=1S/C28H33N3O3S/c1-18-7-10-22(11-8-18)31-13-12-30(15-21(31)4)16-25(32)29-27-26(28(33)34-5)24(17-35-27)23-14-19(2)6-9-20(23)3/h6-11,14,17,21H,12-13,15-16H2,1-5H3,(H,29,32). The first-order valence-electron chi connectivity index (χ1n) is 11.9. The van der Waals surface area contributed by atoms with Crippen molar-refractivity contribution < 1.29 is 14.3 Å². The van der Waals surface area contributed by atoms with E-state index >= 15 is 0 Å². The number of ether oxygens (including phenoxy) is 1. The highest BCUT2D eigenvalue weighted by Crippen LogP contribution is 2.38. The molecule has 0 aliphatic carbocycles. The van der Waals surface area contributed by atoms with Gasteiger partial charge in [-0.3, -0.25) is 9.69 Å². The fraction of sp³-hybridized carbons (Fsp3) is 0.357. The SMILES string of the molecule is COC(=O)c1c(-c2cc(C)ccc2C)csc1NC(=O)CN1CCN(c2ccc(C)cc2)C(C)C1. The molecule has 1 atom stereocenters. The van der Waals surface area contributed by atoms with E-state index in [0.29, 0.717) is 16.6 Å². The minimum Gasteiger partial charge on any atom is -0.465 e. The highest BCUT2D eigenvalue weighted by atomic mass is 32.1.